The highest BCUT2D eigenvalue weighted by Crippen LogP contribution is 2.35. The molecule has 0 atom stereocenters. The van der Waals surface area contributed by atoms with Crippen molar-refractivity contribution in [1.29, 1.82) is 0 Å². The van der Waals surface area contributed by atoms with Gasteiger partial charge < -0.3 is 4.42 Å². The van der Waals surface area contributed by atoms with Crippen LogP contribution in [0.2, 0.25) is 0 Å². The maximum absolute atomic E-state index is 5.81. The maximum atomic E-state index is 5.81. The van der Waals surface area contributed by atoms with E-state index in [-0.39, 0.29) is 0 Å². The molecule has 0 aliphatic heterocycles. The van der Waals surface area contributed by atoms with Gasteiger partial charge in [-0.3, -0.25) is 0 Å². The Bertz CT molecular complexity index is 566. The highest BCUT2D eigenvalue weighted by Gasteiger charge is 2.16. The second kappa shape index (κ2) is 3.49. The number of hydrogen-bond acceptors (Lipinski definition) is 1. The van der Waals surface area contributed by atoms with Gasteiger partial charge in [-0.2, -0.15) is 0 Å². The van der Waals surface area contributed by atoms with Gasteiger partial charge in [0.05, 0.1) is 0 Å². The van der Waals surface area contributed by atoms with E-state index in [9.17, 15) is 0 Å². The summed E-state index contributed by atoms with van der Waals surface area (Å²) in [5.41, 5.74) is 2.30. The summed E-state index contributed by atoms with van der Waals surface area (Å²) in [4.78, 5) is 0. The predicted molar refractivity (Wildman–Crippen MR) is 69.1 cm³/mol. The molecular weight excluding hydrogens is 320 g/mol. The van der Waals surface area contributed by atoms with E-state index in [1.54, 1.807) is 0 Å². The van der Waals surface area contributed by atoms with Crippen molar-refractivity contribution in [3.8, 4) is 0 Å². The predicted octanol–water partition coefficient (Wildman–Crippen LogP) is 4.88. The molecule has 0 radical (unpaired) electrons. The van der Waals surface area contributed by atoms with E-state index in [0.29, 0.717) is 0 Å². The summed E-state index contributed by atoms with van der Waals surface area (Å²) < 4.78 is 8.08. The second-order valence-electron chi connectivity index (χ2n) is 3.68. The maximum Gasteiger partial charge on any atom is 0.136 e. The standard InChI is InChI=1S/C12H8Br2O/c13-7-1-3-9-10-4-2-8(14)6-12(10)15-11(9)5-7/h1,3,5-6H,2,4H2. The van der Waals surface area contributed by atoms with E-state index < -0.39 is 0 Å². The molecule has 1 aliphatic carbocycles. The van der Waals surface area contributed by atoms with Crippen LogP contribution >= 0.6 is 31.9 Å². The van der Waals surface area contributed by atoms with Gasteiger partial charge in [0.1, 0.15) is 11.3 Å². The molecule has 0 spiro atoms. The molecule has 3 heteroatoms. The van der Waals surface area contributed by atoms with Gasteiger partial charge in [-0.15, -0.1) is 0 Å². The Balaban J connectivity index is 2.33. The van der Waals surface area contributed by atoms with Crippen LogP contribution in [0, 0.1) is 0 Å². The fourth-order valence-corrected chi connectivity index (χ4v) is 2.72. The molecule has 1 aliphatic rings. The molecule has 0 fully saturated rings. The van der Waals surface area contributed by atoms with E-state index in [0.717, 1.165) is 28.7 Å². The molecule has 0 saturated carbocycles. The number of benzene rings is 1. The van der Waals surface area contributed by atoms with Crippen molar-refractivity contribution in [3.05, 3.63) is 38.5 Å². The van der Waals surface area contributed by atoms with Crippen molar-refractivity contribution in [1.82, 2.24) is 0 Å². The van der Waals surface area contributed by atoms with Crippen LogP contribution in [0.1, 0.15) is 17.7 Å². The van der Waals surface area contributed by atoms with Gasteiger partial charge in [0.25, 0.3) is 0 Å². The summed E-state index contributed by atoms with van der Waals surface area (Å²) in [7, 11) is 0. The molecule has 0 unspecified atom stereocenters. The monoisotopic (exact) mass is 326 g/mol. The van der Waals surface area contributed by atoms with Crippen LogP contribution in [-0.2, 0) is 6.42 Å². The molecule has 15 heavy (non-hydrogen) atoms. The highest BCUT2D eigenvalue weighted by molar-refractivity contribution is 9.11. The van der Waals surface area contributed by atoms with Crippen molar-refractivity contribution < 1.29 is 4.42 Å². The van der Waals surface area contributed by atoms with Gasteiger partial charge in [-0.1, -0.05) is 31.9 Å². The summed E-state index contributed by atoms with van der Waals surface area (Å²) in [6.45, 7) is 0. The van der Waals surface area contributed by atoms with Crippen LogP contribution in [0.25, 0.3) is 17.0 Å². The molecule has 0 bridgehead atoms. The largest absolute Gasteiger partial charge is 0.456 e. The third-order valence-corrected chi connectivity index (χ3v) is 3.81. The zero-order chi connectivity index (χ0) is 10.4. The Morgan fingerprint density at radius 1 is 1.13 bits per heavy atom. The first-order chi connectivity index (χ1) is 7.24. The number of allylic oxidation sites excluding steroid dienone is 1. The number of fused-ring (bicyclic) bond motifs is 3. The first-order valence-electron chi connectivity index (χ1n) is 4.81. The normalized spacial score (nSPS) is 15.2. The van der Waals surface area contributed by atoms with E-state index in [2.05, 4.69) is 50.1 Å². The minimum atomic E-state index is 0.966. The summed E-state index contributed by atoms with van der Waals surface area (Å²) in [6.07, 6.45) is 4.20. The van der Waals surface area contributed by atoms with E-state index in [4.69, 9.17) is 4.42 Å². The minimum absolute atomic E-state index is 0.966. The highest BCUT2D eigenvalue weighted by atomic mass is 79.9. The number of halogens is 2. The van der Waals surface area contributed by atoms with Crippen molar-refractivity contribution in [3.63, 3.8) is 0 Å². The summed E-state index contributed by atoms with van der Waals surface area (Å²) in [5, 5.41) is 1.24. The van der Waals surface area contributed by atoms with Crippen LogP contribution < -0.4 is 0 Å². The molecule has 2 aromatic rings. The Morgan fingerprint density at radius 3 is 2.87 bits per heavy atom. The molecule has 0 N–H and O–H groups in total. The Morgan fingerprint density at radius 2 is 2.00 bits per heavy atom. The van der Waals surface area contributed by atoms with Crippen LogP contribution in [0.15, 0.2) is 31.6 Å². The second-order valence-corrected chi connectivity index (χ2v) is 5.61. The molecular formula is C12H8Br2O. The fraction of sp³-hybridized carbons (Fsp3) is 0.167. The average molecular weight is 328 g/mol. The van der Waals surface area contributed by atoms with Crippen molar-refractivity contribution in [2.45, 2.75) is 12.8 Å². The van der Waals surface area contributed by atoms with Crippen LogP contribution in [-0.4, -0.2) is 0 Å². The quantitative estimate of drug-likeness (QED) is 0.672. The topological polar surface area (TPSA) is 13.1 Å². The molecule has 1 aromatic heterocycles. The van der Waals surface area contributed by atoms with Crippen molar-refractivity contribution >= 4 is 48.9 Å². The Hall–Kier alpha value is -0.540. The van der Waals surface area contributed by atoms with Gasteiger partial charge in [0.15, 0.2) is 0 Å². The molecule has 0 saturated heterocycles. The van der Waals surface area contributed by atoms with Gasteiger partial charge >= 0.3 is 0 Å². The van der Waals surface area contributed by atoms with Gasteiger partial charge in [-0.05, 0) is 41.6 Å². The molecule has 0 amide bonds. The van der Waals surface area contributed by atoms with E-state index >= 15 is 0 Å². The lowest BCUT2D eigenvalue weighted by Crippen LogP contribution is -1.92. The third kappa shape index (κ3) is 1.58. The number of aryl methyl sites for hydroxylation is 1. The number of furan rings is 1. The number of hydrogen-bond donors (Lipinski definition) is 0. The molecule has 76 valence electrons. The molecule has 1 heterocycles. The van der Waals surface area contributed by atoms with Crippen LogP contribution in [0.4, 0.5) is 0 Å². The summed E-state index contributed by atoms with van der Waals surface area (Å²) in [6, 6.07) is 6.20. The van der Waals surface area contributed by atoms with Crippen molar-refractivity contribution in [2.75, 3.05) is 0 Å². The summed E-state index contributed by atoms with van der Waals surface area (Å²) in [5.74, 6) is 1.00. The van der Waals surface area contributed by atoms with Crippen LogP contribution in [0.3, 0.4) is 0 Å². The zero-order valence-electron chi connectivity index (χ0n) is 7.89. The molecule has 1 nitrogen and oxygen atoms in total. The fourth-order valence-electron chi connectivity index (χ4n) is 1.98. The first kappa shape index (κ1) is 9.67. The van der Waals surface area contributed by atoms with E-state index in [1.165, 1.54) is 15.4 Å². The van der Waals surface area contributed by atoms with Crippen molar-refractivity contribution in [2.24, 2.45) is 0 Å². The third-order valence-electron chi connectivity index (χ3n) is 2.69. The lowest BCUT2D eigenvalue weighted by Gasteiger charge is -2.06. The van der Waals surface area contributed by atoms with Gasteiger partial charge in [0.2, 0.25) is 0 Å². The Labute approximate surface area is 104 Å². The summed E-state index contributed by atoms with van der Waals surface area (Å²) >= 11 is 6.97. The Kier molecular flexibility index (Phi) is 2.25. The SMILES string of the molecule is BrC1=Cc2oc3cc(Br)ccc3c2CC1. The smallest absolute Gasteiger partial charge is 0.136 e. The van der Waals surface area contributed by atoms with Gasteiger partial charge in [0, 0.05) is 15.4 Å². The lowest BCUT2D eigenvalue weighted by molar-refractivity contribution is 0.595. The van der Waals surface area contributed by atoms with Gasteiger partial charge in [-0.25, -0.2) is 0 Å². The lowest BCUT2D eigenvalue weighted by atomic mass is 10.0. The molecule has 3 rings (SSSR count). The average Bonchev–Trinajstić information content (AvgIpc) is 2.53. The number of rotatable bonds is 0. The molecule has 1 aromatic carbocycles. The zero-order valence-corrected chi connectivity index (χ0v) is 11.1. The van der Waals surface area contributed by atoms with Crippen LogP contribution in [0.5, 0.6) is 0 Å². The minimum Gasteiger partial charge on any atom is -0.456 e. The van der Waals surface area contributed by atoms with E-state index in [1.807, 2.05) is 6.07 Å². The first-order valence-corrected chi connectivity index (χ1v) is 6.39.